The lowest BCUT2D eigenvalue weighted by molar-refractivity contribution is 1.07. The highest BCUT2D eigenvalue weighted by atomic mass is 79.9. The number of aryl methyl sites for hydroxylation is 3. The molecular formula is C13H15BrN2S. The van der Waals surface area contributed by atoms with Gasteiger partial charge < -0.3 is 5.32 Å². The minimum Gasteiger partial charge on any atom is -0.379 e. The van der Waals surface area contributed by atoms with Gasteiger partial charge in [-0.1, -0.05) is 15.9 Å². The second-order valence-electron chi connectivity index (χ2n) is 4.16. The number of thiazole rings is 1. The van der Waals surface area contributed by atoms with Crippen molar-refractivity contribution >= 4 is 33.0 Å². The number of hydrogen-bond acceptors (Lipinski definition) is 3. The largest absolute Gasteiger partial charge is 0.379 e. The summed E-state index contributed by atoms with van der Waals surface area (Å²) >= 11 is 5.27. The van der Waals surface area contributed by atoms with Crippen LogP contribution in [0.5, 0.6) is 0 Å². The van der Waals surface area contributed by atoms with Gasteiger partial charge in [-0.15, -0.1) is 11.3 Å². The number of nitrogens with zero attached hydrogens (tertiary/aromatic N) is 1. The van der Waals surface area contributed by atoms with Gasteiger partial charge in [0.25, 0.3) is 0 Å². The SMILES string of the molecule is Cc1csc(CNc2cc(C)c(Br)c(C)c2)n1. The number of aromatic nitrogens is 1. The topological polar surface area (TPSA) is 24.9 Å². The Labute approximate surface area is 114 Å². The summed E-state index contributed by atoms with van der Waals surface area (Å²) in [6, 6.07) is 4.30. The molecule has 2 aromatic rings. The molecule has 0 fully saturated rings. The molecule has 1 aromatic heterocycles. The third-order valence-corrected chi connectivity index (χ3v) is 4.76. The van der Waals surface area contributed by atoms with E-state index in [4.69, 9.17) is 0 Å². The van der Waals surface area contributed by atoms with Crippen molar-refractivity contribution in [3.63, 3.8) is 0 Å². The summed E-state index contributed by atoms with van der Waals surface area (Å²) < 4.78 is 1.19. The van der Waals surface area contributed by atoms with Crippen LogP contribution in [-0.2, 0) is 6.54 Å². The van der Waals surface area contributed by atoms with E-state index in [2.05, 4.69) is 57.6 Å². The molecule has 0 aliphatic carbocycles. The van der Waals surface area contributed by atoms with Crippen LogP contribution in [0.2, 0.25) is 0 Å². The Hall–Kier alpha value is -0.870. The molecule has 1 aromatic carbocycles. The standard InChI is InChI=1S/C13H15BrN2S/c1-8-4-11(5-9(2)13(8)14)15-6-12-16-10(3)7-17-12/h4-5,7,15H,6H2,1-3H3. The predicted molar refractivity (Wildman–Crippen MR) is 77.8 cm³/mol. The van der Waals surface area contributed by atoms with E-state index in [1.54, 1.807) is 11.3 Å². The summed E-state index contributed by atoms with van der Waals surface area (Å²) in [5.74, 6) is 0. The van der Waals surface area contributed by atoms with Gasteiger partial charge in [-0.25, -0.2) is 4.98 Å². The molecule has 0 spiro atoms. The second-order valence-corrected chi connectivity index (χ2v) is 5.90. The maximum absolute atomic E-state index is 4.43. The molecule has 2 nitrogen and oxygen atoms in total. The first-order valence-corrected chi connectivity index (χ1v) is 7.15. The molecule has 4 heteroatoms. The van der Waals surface area contributed by atoms with Crippen LogP contribution in [0.4, 0.5) is 5.69 Å². The molecule has 0 amide bonds. The van der Waals surface area contributed by atoms with Gasteiger partial charge in [0.2, 0.25) is 0 Å². The lowest BCUT2D eigenvalue weighted by Crippen LogP contribution is -2.00. The van der Waals surface area contributed by atoms with E-state index in [0.29, 0.717) is 0 Å². The molecule has 0 radical (unpaired) electrons. The molecule has 0 unspecified atom stereocenters. The zero-order valence-electron chi connectivity index (χ0n) is 10.2. The second kappa shape index (κ2) is 5.19. The van der Waals surface area contributed by atoms with Crippen molar-refractivity contribution < 1.29 is 0 Å². The van der Waals surface area contributed by atoms with Crippen molar-refractivity contribution in [3.8, 4) is 0 Å². The number of benzene rings is 1. The molecule has 0 aliphatic rings. The Morgan fingerprint density at radius 2 is 1.88 bits per heavy atom. The van der Waals surface area contributed by atoms with Crippen molar-refractivity contribution in [1.29, 1.82) is 0 Å². The Bertz CT molecular complexity index is 511. The van der Waals surface area contributed by atoms with Crippen molar-refractivity contribution in [1.82, 2.24) is 4.98 Å². The lowest BCUT2D eigenvalue weighted by Gasteiger charge is -2.09. The molecule has 1 heterocycles. The van der Waals surface area contributed by atoms with Crippen LogP contribution in [0, 0.1) is 20.8 Å². The van der Waals surface area contributed by atoms with Gasteiger partial charge in [0.15, 0.2) is 0 Å². The fourth-order valence-electron chi connectivity index (χ4n) is 1.71. The van der Waals surface area contributed by atoms with Crippen LogP contribution in [0.3, 0.4) is 0 Å². The maximum atomic E-state index is 4.43. The van der Waals surface area contributed by atoms with Crippen molar-refractivity contribution in [2.45, 2.75) is 27.3 Å². The van der Waals surface area contributed by atoms with Gasteiger partial charge in [-0.2, -0.15) is 0 Å². The Morgan fingerprint density at radius 1 is 1.24 bits per heavy atom. The smallest absolute Gasteiger partial charge is 0.112 e. The minimum atomic E-state index is 0.791. The van der Waals surface area contributed by atoms with E-state index in [1.807, 2.05) is 6.92 Å². The van der Waals surface area contributed by atoms with E-state index >= 15 is 0 Å². The predicted octanol–water partition coefficient (Wildman–Crippen LogP) is 4.44. The van der Waals surface area contributed by atoms with Gasteiger partial charge in [-0.3, -0.25) is 0 Å². The molecule has 0 saturated carbocycles. The molecule has 90 valence electrons. The number of rotatable bonds is 3. The first-order chi connectivity index (χ1) is 8.06. The van der Waals surface area contributed by atoms with Crippen LogP contribution >= 0.6 is 27.3 Å². The maximum Gasteiger partial charge on any atom is 0.112 e. The Balaban J connectivity index is 2.09. The first kappa shape index (κ1) is 12.6. The lowest BCUT2D eigenvalue weighted by atomic mass is 10.1. The van der Waals surface area contributed by atoms with Crippen LogP contribution in [0.15, 0.2) is 22.0 Å². The minimum absolute atomic E-state index is 0.791. The van der Waals surface area contributed by atoms with Crippen LogP contribution < -0.4 is 5.32 Å². The Morgan fingerprint density at radius 3 is 2.41 bits per heavy atom. The third-order valence-electron chi connectivity index (χ3n) is 2.55. The average Bonchev–Trinajstić information content (AvgIpc) is 2.69. The zero-order chi connectivity index (χ0) is 12.4. The van der Waals surface area contributed by atoms with Gasteiger partial charge in [0.05, 0.1) is 6.54 Å². The third kappa shape index (κ3) is 3.07. The Kier molecular flexibility index (Phi) is 3.84. The molecule has 17 heavy (non-hydrogen) atoms. The van der Waals surface area contributed by atoms with Crippen LogP contribution in [0.25, 0.3) is 0 Å². The molecule has 1 N–H and O–H groups in total. The summed E-state index contributed by atoms with van der Waals surface area (Å²) in [6.45, 7) is 7.03. The quantitative estimate of drug-likeness (QED) is 0.906. The van der Waals surface area contributed by atoms with Gasteiger partial charge in [-0.05, 0) is 44.0 Å². The van der Waals surface area contributed by atoms with E-state index in [1.165, 1.54) is 15.6 Å². The van der Waals surface area contributed by atoms with Crippen molar-refractivity contribution in [3.05, 3.63) is 43.8 Å². The molecule has 0 saturated heterocycles. The molecule has 0 atom stereocenters. The zero-order valence-corrected chi connectivity index (χ0v) is 12.6. The van der Waals surface area contributed by atoms with Crippen molar-refractivity contribution in [2.24, 2.45) is 0 Å². The normalized spacial score (nSPS) is 10.6. The summed E-state index contributed by atoms with van der Waals surface area (Å²) in [7, 11) is 0. The van der Waals surface area contributed by atoms with Gasteiger partial charge in [0, 0.05) is 21.2 Å². The number of halogens is 1. The van der Waals surface area contributed by atoms with Crippen molar-refractivity contribution in [2.75, 3.05) is 5.32 Å². The molecular weight excluding hydrogens is 296 g/mol. The highest BCUT2D eigenvalue weighted by Crippen LogP contribution is 2.25. The highest BCUT2D eigenvalue weighted by Gasteiger charge is 2.03. The number of nitrogens with one attached hydrogen (secondary N) is 1. The average molecular weight is 311 g/mol. The summed E-state index contributed by atoms with van der Waals surface area (Å²) in [5, 5.41) is 6.61. The van der Waals surface area contributed by atoms with Crippen LogP contribution in [-0.4, -0.2) is 4.98 Å². The van der Waals surface area contributed by atoms with E-state index in [0.717, 1.165) is 22.9 Å². The van der Waals surface area contributed by atoms with E-state index < -0.39 is 0 Å². The fourth-order valence-corrected chi connectivity index (χ4v) is 2.65. The monoisotopic (exact) mass is 310 g/mol. The fraction of sp³-hybridized carbons (Fsp3) is 0.308. The van der Waals surface area contributed by atoms with Crippen LogP contribution in [0.1, 0.15) is 21.8 Å². The van der Waals surface area contributed by atoms with E-state index in [-0.39, 0.29) is 0 Å². The first-order valence-electron chi connectivity index (χ1n) is 5.48. The molecule has 2 rings (SSSR count). The number of anilines is 1. The summed E-state index contributed by atoms with van der Waals surface area (Å²) in [6.07, 6.45) is 0. The number of hydrogen-bond donors (Lipinski definition) is 1. The van der Waals surface area contributed by atoms with Gasteiger partial charge in [0.1, 0.15) is 5.01 Å². The summed E-state index contributed by atoms with van der Waals surface area (Å²) in [5.41, 5.74) is 4.75. The highest BCUT2D eigenvalue weighted by molar-refractivity contribution is 9.10. The summed E-state index contributed by atoms with van der Waals surface area (Å²) in [4.78, 5) is 4.43. The van der Waals surface area contributed by atoms with Gasteiger partial charge >= 0.3 is 0 Å². The van der Waals surface area contributed by atoms with E-state index in [9.17, 15) is 0 Å². The molecule has 0 bridgehead atoms. The molecule has 0 aliphatic heterocycles.